The first-order valence-electron chi connectivity index (χ1n) is 6.59. The highest BCUT2D eigenvalue weighted by atomic mass is 32.2. The van der Waals surface area contributed by atoms with E-state index < -0.39 is 0 Å². The number of thioether (sulfide) groups is 1. The predicted octanol–water partition coefficient (Wildman–Crippen LogP) is 2.68. The molecule has 0 bridgehead atoms. The molecule has 17 heavy (non-hydrogen) atoms. The fraction of sp³-hybridized carbons (Fsp3) is 0.769. The minimum absolute atomic E-state index is 0.751. The first kappa shape index (κ1) is 13.0. The fourth-order valence-electron chi connectivity index (χ4n) is 2.52. The van der Waals surface area contributed by atoms with E-state index in [1.807, 2.05) is 31.2 Å². The Balaban J connectivity index is 1.61. The summed E-state index contributed by atoms with van der Waals surface area (Å²) in [6.45, 7) is 3.46. The van der Waals surface area contributed by atoms with Gasteiger partial charge in [0, 0.05) is 37.8 Å². The van der Waals surface area contributed by atoms with Gasteiger partial charge in [0.1, 0.15) is 0 Å². The van der Waals surface area contributed by atoms with Crippen LogP contribution in [0.2, 0.25) is 0 Å². The second-order valence-electron chi connectivity index (χ2n) is 5.09. The molecule has 1 N–H and O–H groups in total. The van der Waals surface area contributed by atoms with Gasteiger partial charge in [-0.2, -0.15) is 0 Å². The molecule has 1 saturated carbocycles. The number of aryl methyl sites for hydroxylation is 1. The summed E-state index contributed by atoms with van der Waals surface area (Å²) in [6.07, 6.45) is 9.38. The van der Waals surface area contributed by atoms with Crippen LogP contribution in [0, 0.1) is 5.92 Å². The number of rotatable bonds is 5. The van der Waals surface area contributed by atoms with Crippen LogP contribution in [-0.2, 0) is 7.05 Å². The van der Waals surface area contributed by atoms with Gasteiger partial charge in [-0.3, -0.25) is 0 Å². The van der Waals surface area contributed by atoms with Crippen LogP contribution in [0.5, 0.6) is 0 Å². The van der Waals surface area contributed by atoms with E-state index >= 15 is 0 Å². The van der Waals surface area contributed by atoms with Gasteiger partial charge in [-0.1, -0.05) is 31.5 Å². The molecular formula is C13H23N3S. The average molecular weight is 253 g/mol. The van der Waals surface area contributed by atoms with E-state index in [0.717, 1.165) is 29.4 Å². The van der Waals surface area contributed by atoms with E-state index in [4.69, 9.17) is 0 Å². The molecule has 1 heterocycles. The second kappa shape index (κ2) is 6.45. The molecule has 2 unspecified atom stereocenters. The Morgan fingerprint density at radius 3 is 3.12 bits per heavy atom. The molecule has 0 radical (unpaired) electrons. The van der Waals surface area contributed by atoms with Gasteiger partial charge >= 0.3 is 0 Å². The quantitative estimate of drug-likeness (QED) is 0.646. The molecule has 0 saturated heterocycles. The SMILES string of the molecule is CC1CCCC(NCCSc2nccn2C)C1. The van der Waals surface area contributed by atoms with Gasteiger partial charge in [0.2, 0.25) is 0 Å². The van der Waals surface area contributed by atoms with Gasteiger partial charge in [0.25, 0.3) is 0 Å². The summed E-state index contributed by atoms with van der Waals surface area (Å²) in [5.74, 6) is 2.01. The summed E-state index contributed by atoms with van der Waals surface area (Å²) in [7, 11) is 2.05. The van der Waals surface area contributed by atoms with E-state index in [9.17, 15) is 0 Å². The zero-order chi connectivity index (χ0) is 12.1. The maximum Gasteiger partial charge on any atom is 0.167 e. The normalized spacial score (nSPS) is 25.1. The Kier molecular flexibility index (Phi) is 4.92. The first-order valence-corrected chi connectivity index (χ1v) is 7.58. The number of nitrogens with zero attached hydrogens (tertiary/aromatic N) is 2. The van der Waals surface area contributed by atoms with Crippen molar-refractivity contribution in [2.75, 3.05) is 12.3 Å². The number of aromatic nitrogens is 2. The van der Waals surface area contributed by atoms with Crippen LogP contribution in [0.4, 0.5) is 0 Å². The maximum atomic E-state index is 4.31. The van der Waals surface area contributed by atoms with Crippen molar-refractivity contribution in [2.45, 2.75) is 43.8 Å². The van der Waals surface area contributed by atoms with Crippen LogP contribution in [0.1, 0.15) is 32.6 Å². The number of hydrogen-bond donors (Lipinski definition) is 1. The van der Waals surface area contributed by atoms with Crippen molar-refractivity contribution in [3.63, 3.8) is 0 Å². The third-order valence-corrected chi connectivity index (χ3v) is 4.54. The molecule has 0 aromatic carbocycles. The first-order chi connectivity index (χ1) is 8.25. The van der Waals surface area contributed by atoms with E-state index in [-0.39, 0.29) is 0 Å². The van der Waals surface area contributed by atoms with Crippen LogP contribution in [0.15, 0.2) is 17.6 Å². The summed E-state index contributed by atoms with van der Waals surface area (Å²) >= 11 is 1.83. The molecule has 4 heteroatoms. The zero-order valence-electron chi connectivity index (χ0n) is 10.9. The van der Waals surface area contributed by atoms with Crippen LogP contribution in [0.3, 0.4) is 0 Å². The maximum absolute atomic E-state index is 4.31. The topological polar surface area (TPSA) is 29.9 Å². The summed E-state index contributed by atoms with van der Waals surface area (Å²) in [5, 5.41) is 4.79. The Morgan fingerprint density at radius 1 is 1.53 bits per heavy atom. The molecule has 1 aromatic rings. The summed E-state index contributed by atoms with van der Waals surface area (Å²) in [5.41, 5.74) is 0. The van der Waals surface area contributed by atoms with Crippen molar-refractivity contribution in [2.24, 2.45) is 13.0 Å². The van der Waals surface area contributed by atoms with Crippen LogP contribution >= 0.6 is 11.8 Å². The van der Waals surface area contributed by atoms with E-state index in [1.165, 1.54) is 25.7 Å². The molecule has 3 nitrogen and oxygen atoms in total. The van der Waals surface area contributed by atoms with Crippen molar-refractivity contribution >= 4 is 11.8 Å². The lowest BCUT2D eigenvalue weighted by Gasteiger charge is -2.27. The number of hydrogen-bond acceptors (Lipinski definition) is 3. The fourth-order valence-corrected chi connectivity index (χ4v) is 3.32. The molecule has 0 aliphatic heterocycles. The van der Waals surface area contributed by atoms with Gasteiger partial charge in [0.15, 0.2) is 5.16 Å². The average Bonchev–Trinajstić information content (AvgIpc) is 2.71. The molecule has 1 aliphatic rings. The van der Waals surface area contributed by atoms with E-state index in [2.05, 4.69) is 21.8 Å². The number of nitrogens with one attached hydrogen (secondary N) is 1. The van der Waals surface area contributed by atoms with Gasteiger partial charge < -0.3 is 9.88 Å². The van der Waals surface area contributed by atoms with Crippen molar-refractivity contribution in [1.29, 1.82) is 0 Å². The van der Waals surface area contributed by atoms with Crippen LogP contribution in [-0.4, -0.2) is 27.9 Å². The minimum Gasteiger partial charge on any atom is -0.329 e. The molecule has 1 aromatic heterocycles. The lowest BCUT2D eigenvalue weighted by atomic mass is 9.87. The largest absolute Gasteiger partial charge is 0.329 e. The highest BCUT2D eigenvalue weighted by molar-refractivity contribution is 7.99. The van der Waals surface area contributed by atoms with Gasteiger partial charge in [-0.25, -0.2) is 4.98 Å². The Bertz CT molecular complexity index is 337. The van der Waals surface area contributed by atoms with Crippen molar-refractivity contribution in [1.82, 2.24) is 14.9 Å². The molecule has 2 rings (SSSR count). The summed E-state index contributed by atoms with van der Waals surface area (Å²) in [4.78, 5) is 4.31. The molecule has 2 atom stereocenters. The predicted molar refractivity (Wildman–Crippen MR) is 73.4 cm³/mol. The summed E-state index contributed by atoms with van der Waals surface area (Å²) < 4.78 is 2.08. The Hall–Kier alpha value is -0.480. The highest BCUT2D eigenvalue weighted by Gasteiger charge is 2.17. The molecule has 0 spiro atoms. The van der Waals surface area contributed by atoms with Crippen molar-refractivity contribution < 1.29 is 0 Å². The second-order valence-corrected chi connectivity index (χ2v) is 6.15. The molecular weight excluding hydrogens is 230 g/mol. The third kappa shape index (κ3) is 4.03. The molecule has 1 aliphatic carbocycles. The highest BCUT2D eigenvalue weighted by Crippen LogP contribution is 2.23. The monoisotopic (exact) mass is 253 g/mol. The molecule has 1 fully saturated rings. The van der Waals surface area contributed by atoms with Gasteiger partial charge in [-0.15, -0.1) is 0 Å². The minimum atomic E-state index is 0.751. The standard InChI is InChI=1S/C13H23N3S/c1-11-4-3-5-12(10-11)14-7-9-17-13-15-6-8-16(13)2/h6,8,11-12,14H,3-5,7,9-10H2,1-2H3. The molecule has 0 amide bonds. The lowest BCUT2D eigenvalue weighted by Crippen LogP contribution is -2.34. The van der Waals surface area contributed by atoms with Crippen molar-refractivity contribution in [3.05, 3.63) is 12.4 Å². The van der Waals surface area contributed by atoms with E-state index in [0.29, 0.717) is 0 Å². The van der Waals surface area contributed by atoms with Crippen LogP contribution < -0.4 is 5.32 Å². The van der Waals surface area contributed by atoms with Gasteiger partial charge in [0.05, 0.1) is 0 Å². The smallest absolute Gasteiger partial charge is 0.167 e. The van der Waals surface area contributed by atoms with Crippen LogP contribution in [0.25, 0.3) is 0 Å². The molecule has 96 valence electrons. The lowest BCUT2D eigenvalue weighted by molar-refractivity contribution is 0.306. The third-order valence-electron chi connectivity index (χ3n) is 3.48. The van der Waals surface area contributed by atoms with Crippen molar-refractivity contribution in [3.8, 4) is 0 Å². The summed E-state index contributed by atoms with van der Waals surface area (Å²) in [6, 6.07) is 0.751. The number of imidazole rings is 1. The Morgan fingerprint density at radius 2 is 2.41 bits per heavy atom. The van der Waals surface area contributed by atoms with Gasteiger partial charge in [-0.05, 0) is 18.8 Å². The Labute approximate surface area is 108 Å². The zero-order valence-corrected chi connectivity index (χ0v) is 11.7. The van der Waals surface area contributed by atoms with E-state index in [1.54, 1.807) is 0 Å².